The summed E-state index contributed by atoms with van der Waals surface area (Å²) in [6, 6.07) is 9.25. The van der Waals surface area contributed by atoms with Crippen LogP contribution in [0.4, 0.5) is 5.82 Å². The van der Waals surface area contributed by atoms with Crippen LogP contribution in [0.5, 0.6) is 5.75 Å². The van der Waals surface area contributed by atoms with Gasteiger partial charge in [-0.3, -0.25) is 0 Å². The highest BCUT2D eigenvalue weighted by Crippen LogP contribution is 2.25. The molecule has 0 saturated carbocycles. The number of benzene rings is 1. The van der Waals surface area contributed by atoms with Gasteiger partial charge in [-0.05, 0) is 43.2 Å². The van der Waals surface area contributed by atoms with Gasteiger partial charge in [0.1, 0.15) is 18.2 Å². The van der Waals surface area contributed by atoms with Crippen LogP contribution in [0.25, 0.3) is 0 Å². The number of aryl methyl sites for hydroxylation is 1. The van der Waals surface area contributed by atoms with E-state index in [1.807, 2.05) is 31.2 Å². The Morgan fingerprint density at radius 2 is 2.00 bits per heavy atom. The number of nitrogens with one attached hydrogen (secondary N) is 1. The van der Waals surface area contributed by atoms with Crippen LogP contribution in [0.15, 0.2) is 30.3 Å². The third kappa shape index (κ3) is 4.51. The number of pyridine rings is 1. The summed E-state index contributed by atoms with van der Waals surface area (Å²) in [5, 5.41) is 4.47. The molecule has 1 aromatic heterocycles. The Morgan fingerprint density at radius 1 is 1.19 bits per heavy atom. The SMILES string of the molecule is CCCNc1ccc(Cl)c(COc2cc(Cl)ccc2C)n1. The number of halogens is 2. The number of aromatic nitrogens is 1. The van der Waals surface area contributed by atoms with Crippen molar-refractivity contribution in [2.24, 2.45) is 0 Å². The van der Waals surface area contributed by atoms with Crippen LogP contribution in [-0.2, 0) is 6.61 Å². The van der Waals surface area contributed by atoms with Gasteiger partial charge in [-0.2, -0.15) is 0 Å². The third-order valence-corrected chi connectivity index (χ3v) is 3.57. The van der Waals surface area contributed by atoms with Crippen LogP contribution in [-0.4, -0.2) is 11.5 Å². The van der Waals surface area contributed by atoms with E-state index in [-0.39, 0.29) is 0 Å². The third-order valence-electron chi connectivity index (χ3n) is 2.99. The fourth-order valence-electron chi connectivity index (χ4n) is 1.81. The Balaban J connectivity index is 2.10. The summed E-state index contributed by atoms with van der Waals surface area (Å²) in [4.78, 5) is 4.48. The highest BCUT2D eigenvalue weighted by Gasteiger charge is 2.07. The standard InChI is InChI=1S/C16H18Cl2N2O/c1-3-8-19-16-7-6-13(18)14(20-16)10-21-15-9-12(17)5-4-11(15)2/h4-7,9H,3,8,10H2,1-2H3,(H,19,20). The van der Waals surface area contributed by atoms with Gasteiger partial charge in [0.05, 0.1) is 10.7 Å². The molecule has 21 heavy (non-hydrogen) atoms. The van der Waals surface area contributed by atoms with Crippen molar-refractivity contribution in [3.63, 3.8) is 0 Å². The molecule has 5 heteroatoms. The lowest BCUT2D eigenvalue weighted by atomic mass is 10.2. The number of hydrogen-bond donors (Lipinski definition) is 1. The molecule has 112 valence electrons. The van der Waals surface area contributed by atoms with Crippen LogP contribution in [0.3, 0.4) is 0 Å². The Bertz CT molecular complexity index is 617. The maximum atomic E-state index is 6.17. The van der Waals surface area contributed by atoms with Crippen LogP contribution >= 0.6 is 23.2 Å². The molecule has 1 aromatic carbocycles. The normalized spacial score (nSPS) is 10.5. The number of ether oxygens (including phenoxy) is 1. The van der Waals surface area contributed by atoms with E-state index in [1.54, 1.807) is 6.07 Å². The summed E-state index contributed by atoms with van der Waals surface area (Å²) < 4.78 is 5.78. The number of rotatable bonds is 6. The van der Waals surface area contributed by atoms with Crippen LogP contribution in [0.2, 0.25) is 10.0 Å². The highest BCUT2D eigenvalue weighted by atomic mass is 35.5. The van der Waals surface area contributed by atoms with E-state index < -0.39 is 0 Å². The maximum Gasteiger partial charge on any atom is 0.132 e. The zero-order chi connectivity index (χ0) is 15.2. The monoisotopic (exact) mass is 324 g/mol. The van der Waals surface area contributed by atoms with Crippen LogP contribution < -0.4 is 10.1 Å². The second-order valence-electron chi connectivity index (χ2n) is 4.75. The summed E-state index contributed by atoms with van der Waals surface area (Å²) >= 11 is 12.2. The summed E-state index contributed by atoms with van der Waals surface area (Å²) in [7, 11) is 0. The van der Waals surface area contributed by atoms with E-state index in [2.05, 4.69) is 17.2 Å². The first kappa shape index (κ1) is 15.9. The quantitative estimate of drug-likeness (QED) is 0.802. The lowest BCUT2D eigenvalue weighted by Crippen LogP contribution is -2.06. The zero-order valence-corrected chi connectivity index (χ0v) is 13.6. The largest absolute Gasteiger partial charge is 0.487 e. The first-order valence-corrected chi connectivity index (χ1v) is 7.64. The zero-order valence-electron chi connectivity index (χ0n) is 12.1. The molecule has 0 atom stereocenters. The Morgan fingerprint density at radius 3 is 2.76 bits per heavy atom. The molecular formula is C16H18Cl2N2O. The minimum Gasteiger partial charge on any atom is -0.487 e. The fourth-order valence-corrected chi connectivity index (χ4v) is 2.13. The van der Waals surface area contributed by atoms with Gasteiger partial charge in [-0.1, -0.05) is 36.2 Å². The lowest BCUT2D eigenvalue weighted by Gasteiger charge is -2.11. The summed E-state index contributed by atoms with van der Waals surface area (Å²) in [6.07, 6.45) is 1.04. The van der Waals surface area contributed by atoms with Crippen molar-refractivity contribution in [3.8, 4) is 5.75 Å². The van der Waals surface area contributed by atoms with Crippen molar-refractivity contribution in [1.82, 2.24) is 4.98 Å². The van der Waals surface area contributed by atoms with Crippen molar-refractivity contribution >= 4 is 29.0 Å². The van der Waals surface area contributed by atoms with E-state index in [9.17, 15) is 0 Å². The number of nitrogens with zero attached hydrogens (tertiary/aromatic N) is 1. The molecule has 2 aromatic rings. The molecule has 3 nitrogen and oxygen atoms in total. The molecular weight excluding hydrogens is 307 g/mol. The van der Waals surface area contributed by atoms with Gasteiger partial charge < -0.3 is 10.1 Å². The second kappa shape index (κ2) is 7.53. The topological polar surface area (TPSA) is 34.1 Å². The molecule has 2 rings (SSSR count). The molecule has 0 radical (unpaired) electrons. The second-order valence-corrected chi connectivity index (χ2v) is 5.59. The summed E-state index contributed by atoms with van der Waals surface area (Å²) in [6.45, 7) is 5.26. The average Bonchev–Trinajstić information content (AvgIpc) is 2.48. The minimum atomic E-state index is 0.307. The Labute approximate surface area is 135 Å². The smallest absolute Gasteiger partial charge is 0.132 e. The van der Waals surface area contributed by atoms with Crippen molar-refractivity contribution in [2.75, 3.05) is 11.9 Å². The molecule has 0 fully saturated rings. The molecule has 1 N–H and O–H groups in total. The predicted octanol–water partition coefficient (Wildman–Crippen LogP) is 5.10. The minimum absolute atomic E-state index is 0.307. The van der Waals surface area contributed by atoms with E-state index >= 15 is 0 Å². The van der Waals surface area contributed by atoms with Gasteiger partial charge in [-0.15, -0.1) is 0 Å². The number of hydrogen-bond acceptors (Lipinski definition) is 3. The fraction of sp³-hybridized carbons (Fsp3) is 0.312. The highest BCUT2D eigenvalue weighted by molar-refractivity contribution is 6.31. The predicted molar refractivity (Wildman–Crippen MR) is 88.5 cm³/mol. The van der Waals surface area contributed by atoms with Gasteiger partial charge >= 0.3 is 0 Å². The summed E-state index contributed by atoms with van der Waals surface area (Å²) in [5.41, 5.74) is 1.73. The molecule has 0 amide bonds. The molecule has 0 spiro atoms. The molecule has 0 unspecified atom stereocenters. The summed E-state index contributed by atoms with van der Waals surface area (Å²) in [5.74, 6) is 1.55. The Hall–Kier alpha value is -1.45. The first-order chi connectivity index (χ1) is 10.1. The van der Waals surface area contributed by atoms with E-state index in [0.29, 0.717) is 22.3 Å². The molecule has 0 saturated heterocycles. The molecule has 0 aliphatic carbocycles. The van der Waals surface area contributed by atoms with Gasteiger partial charge in [0, 0.05) is 11.6 Å². The first-order valence-electron chi connectivity index (χ1n) is 6.88. The van der Waals surface area contributed by atoms with Gasteiger partial charge in [0.25, 0.3) is 0 Å². The Kier molecular flexibility index (Phi) is 5.71. The van der Waals surface area contributed by atoms with Crippen molar-refractivity contribution in [2.45, 2.75) is 26.9 Å². The molecule has 0 bridgehead atoms. The molecule has 0 aliphatic rings. The number of anilines is 1. The average molecular weight is 325 g/mol. The molecule has 1 heterocycles. The van der Waals surface area contributed by atoms with Crippen LogP contribution in [0, 0.1) is 6.92 Å². The van der Waals surface area contributed by atoms with Crippen molar-refractivity contribution < 1.29 is 4.74 Å². The van der Waals surface area contributed by atoms with Gasteiger partial charge in [-0.25, -0.2) is 4.98 Å². The van der Waals surface area contributed by atoms with E-state index in [0.717, 1.165) is 30.1 Å². The molecule has 0 aliphatic heterocycles. The maximum absolute atomic E-state index is 6.17. The van der Waals surface area contributed by atoms with Crippen molar-refractivity contribution in [1.29, 1.82) is 0 Å². The van der Waals surface area contributed by atoms with E-state index in [1.165, 1.54) is 0 Å². The lowest BCUT2D eigenvalue weighted by molar-refractivity contribution is 0.299. The van der Waals surface area contributed by atoms with Gasteiger partial charge in [0.15, 0.2) is 0 Å². The van der Waals surface area contributed by atoms with Crippen LogP contribution in [0.1, 0.15) is 24.6 Å². The van der Waals surface area contributed by atoms with Crippen molar-refractivity contribution in [3.05, 3.63) is 51.6 Å². The van der Waals surface area contributed by atoms with E-state index in [4.69, 9.17) is 27.9 Å². The van der Waals surface area contributed by atoms with Gasteiger partial charge in [0.2, 0.25) is 0 Å².